The molecule has 1 atom stereocenters. The summed E-state index contributed by atoms with van der Waals surface area (Å²) in [5, 5.41) is 16.2. The number of aromatic nitrogens is 5. The maximum absolute atomic E-state index is 5.47. The molecule has 8 heteroatoms. The number of hydrogen-bond acceptors (Lipinski definition) is 7. The Morgan fingerprint density at radius 2 is 2.20 bits per heavy atom. The maximum atomic E-state index is 5.47. The van der Waals surface area contributed by atoms with Crippen molar-refractivity contribution in [3.63, 3.8) is 0 Å². The first-order valence-corrected chi connectivity index (χ1v) is 10.5. The monoisotopic (exact) mass is 373 g/mol. The Morgan fingerprint density at radius 3 is 2.92 bits per heavy atom. The van der Waals surface area contributed by atoms with Gasteiger partial charge in [-0.1, -0.05) is 23.0 Å². The molecule has 0 aromatic carbocycles. The Balaban J connectivity index is 1.36. The number of thiophene rings is 1. The number of rotatable bonds is 7. The Bertz CT molecular complexity index is 864. The van der Waals surface area contributed by atoms with Crippen LogP contribution in [0.25, 0.3) is 0 Å². The van der Waals surface area contributed by atoms with E-state index in [2.05, 4.69) is 49.3 Å². The number of hydrogen-bond donors (Lipinski definition) is 0. The molecule has 0 saturated heterocycles. The standard InChI is InChI=1S/C17H19N5OS2/c1-10(16-18-15(21-23-16)11-4-5-11)25-17-20-19-14(22(17)12-6-7-12)9-13-3-2-8-24-13/h2-3,8,10-12H,4-7,9H2,1H3. The third kappa shape index (κ3) is 3.25. The van der Waals surface area contributed by atoms with Crippen molar-refractivity contribution in [1.29, 1.82) is 0 Å². The minimum absolute atomic E-state index is 0.0799. The van der Waals surface area contributed by atoms with E-state index in [0.717, 1.165) is 23.2 Å². The van der Waals surface area contributed by atoms with E-state index < -0.39 is 0 Å². The Morgan fingerprint density at radius 1 is 1.32 bits per heavy atom. The van der Waals surface area contributed by atoms with Gasteiger partial charge >= 0.3 is 0 Å². The third-order valence-electron chi connectivity index (χ3n) is 4.59. The Labute approximate surface area is 154 Å². The van der Waals surface area contributed by atoms with E-state index in [-0.39, 0.29) is 5.25 Å². The SMILES string of the molecule is CC(Sc1nnc(Cc2cccs2)n1C1CC1)c1nc(C2CC2)no1. The molecule has 130 valence electrons. The van der Waals surface area contributed by atoms with Crippen molar-refractivity contribution in [2.45, 2.75) is 61.4 Å². The molecule has 0 N–H and O–H groups in total. The average Bonchev–Trinajstić information content (AvgIpc) is 3.49. The number of nitrogens with zero attached hydrogens (tertiary/aromatic N) is 5. The third-order valence-corrected chi connectivity index (χ3v) is 6.51. The van der Waals surface area contributed by atoms with Gasteiger partial charge in [0.25, 0.3) is 0 Å². The van der Waals surface area contributed by atoms with Crippen LogP contribution < -0.4 is 0 Å². The molecule has 0 bridgehead atoms. The highest BCUT2D eigenvalue weighted by molar-refractivity contribution is 7.99. The van der Waals surface area contributed by atoms with Crippen molar-refractivity contribution < 1.29 is 4.52 Å². The van der Waals surface area contributed by atoms with Crippen molar-refractivity contribution in [3.8, 4) is 0 Å². The molecule has 0 aliphatic heterocycles. The zero-order valence-corrected chi connectivity index (χ0v) is 15.6. The van der Waals surface area contributed by atoms with Crippen molar-refractivity contribution >= 4 is 23.1 Å². The molecule has 0 radical (unpaired) electrons. The van der Waals surface area contributed by atoms with Crippen molar-refractivity contribution in [2.75, 3.05) is 0 Å². The topological polar surface area (TPSA) is 69.6 Å². The van der Waals surface area contributed by atoms with E-state index in [1.807, 2.05) is 0 Å². The molecule has 2 fully saturated rings. The van der Waals surface area contributed by atoms with Crippen molar-refractivity contribution in [3.05, 3.63) is 39.9 Å². The zero-order chi connectivity index (χ0) is 16.8. The fraction of sp³-hybridized carbons (Fsp3) is 0.529. The molecular weight excluding hydrogens is 354 g/mol. The van der Waals surface area contributed by atoms with Crippen LogP contribution in [0, 0.1) is 0 Å². The largest absolute Gasteiger partial charge is 0.338 e. The second kappa shape index (κ2) is 6.25. The first kappa shape index (κ1) is 15.6. The molecule has 25 heavy (non-hydrogen) atoms. The van der Waals surface area contributed by atoms with Gasteiger partial charge in [0.2, 0.25) is 5.89 Å². The summed E-state index contributed by atoms with van der Waals surface area (Å²) in [7, 11) is 0. The van der Waals surface area contributed by atoms with Gasteiger partial charge in [-0.15, -0.1) is 21.5 Å². The summed E-state index contributed by atoms with van der Waals surface area (Å²) in [6.45, 7) is 2.10. The van der Waals surface area contributed by atoms with Gasteiger partial charge in [-0.2, -0.15) is 4.98 Å². The quantitative estimate of drug-likeness (QED) is 0.573. The molecule has 6 nitrogen and oxygen atoms in total. The van der Waals surface area contributed by atoms with E-state index in [4.69, 9.17) is 4.52 Å². The minimum Gasteiger partial charge on any atom is -0.338 e. The van der Waals surface area contributed by atoms with E-state index in [0.29, 0.717) is 17.9 Å². The zero-order valence-electron chi connectivity index (χ0n) is 14.0. The predicted octanol–water partition coefficient (Wildman–Crippen LogP) is 4.38. The molecular formula is C17H19N5OS2. The van der Waals surface area contributed by atoms with E-state index in [1.54, 1.807) is 23.1 Å². The molecule has 3 heterocycles. The van der Waals surface area contributed by atoms with Crippen molar-refractivity contribution in [1.82, 2.24) is 24.9 Å². The molecule has 3 aromatic heterocycles. The molecule has 2 aliphatic carbocycles. The highest BCUT2D eigenvalue weighted by atomic mass is 32.2. The molecule has 5 rings (SSSR count). The molecule has 0 spiro atoms. The lowest BCUT2D eigenvalue weighted by Gasteiger charge is -2.10. The summed E-state index contributed by atoms with van der Waals surface area (Å²) in [5.41, 5.74) is 0. The lowest BCUT2D eigenvalue weighted by atomic mass is 10.3. The van der Waals surface area contributed by atoms with Gasteiger partial charge in [0, 0.05) is 23.3 Å². The second-order valence-corrected chi connectivity index (χ2v) is 9.12. The van der Waals surface area contributed by atoms with Crippen molar-refractivity contribution in [2.24, 2.45) is 0 Å². The molecule has 3 aromatic rings. The van der Waals surface area contributed by atoms with Crippen LogP contribution in [-0.2, 0) is 6.42 Å². The van der Waals surface area contributed by atoms with Gasteiger partial charge < -0.3 is 9.09 Å². The van der Waals surface area contributed by atoms with Crippen LogP contribution in [0.5, 0.6) is 0 Å². The predicted molar refractivity (Wildman–Crippen MR) is 96.0 cm³/mol. The lowest BCUT2D eigenvalue weighted by Crippen LogP contribution is -2.04. The summed E-state index contributed by atoms with van der Waals surface area (Å²) in [5.74, 6) is 3.13. The van der Waals surface area contributed by atoms with Gasteiger partial charge in [-0.05, 0) is 44.1 Å². The first-order chi connectivity index (χ1) is 12.3. The smallest absolute Gasteiger partial charge is 0.239 e. The van der Waals surface area contributed by atoms with E-state index >= 15 is 0 Å². The van der Waals surface area contributed by atoms with Gasteiger partial charge in [-0.25, -0.2) is 0 Å². The fourth-order valence-electron chi connectivity index (χ4n) is 2.91. The minimum atomic E-state index is 0.0799. The molecule has 2 aliphatic rings. The van der Waals surface area contributed by atoms with Crippen LogP contribution in [0.1, 0.15) is 72.2 Å². The van der Waals surface area contributed by atoms with E-state index in [9.17, 15) is 0 Å². The lowest BCUT2D eigenvalue weighted by molar-refractivity contribution is 0.374. The summed E-state index contributed by atoms with van der Waals surface area (Å²) >= 11 is 3.44. The molecule has 1 unspecified atom stereocenters. The van der Waals surface area contributed by atoms with E-state index in [1.165, 1.54) is 30.6 Å². The summed E-state index contributed by atoms with van der Waals surface area (Å²) in [6, 6.07) is 4.79. The normalized spacial score (nSPS) is 18.6. The van der Waals surface area contributed by atoms with Gasteiger partial charge in [0.05, 0.1) is 5.25 Å². The van der Waals surface area contributed by atoms with Crippen LogP contribution in [0.2, 0.25) is 0 Å². The molecule has 2 saturated carbocycles. The van der Waals surface area contributed by atoms with Gasteiger partial charge in [0.1, 0.15) is 5.82 Å². The van der Waals surface area contributed by atoms with Crippen LogP contribution in [-0.4, -0.2) is 24.9 Å². The highest BCUT2D eigenvalue weighted by Gasteiger charge is 2.32. The van der Waals surface area contributed by atoms with Crippen LogP contribution >= 0.6 is 23.1 Å². The molecule has 0 amide bonds. The summed E-state index contributed by atoms with van der Waals surface area (Å²) < 4.78 is 7.79. The fourth-order valence-corrected chi connectivity index (χ4v) is 4.58. The van der Waals surface area contributed by atoms with Crippen LogP contribution in [0.4, 0.5) is 0 Å². The van der Waals surface area contributed by atoms with Gasteiger partial charge in [0.15, 0.2) is 11.0 Å². The van der Waals surface area contributed by atoms with Crippen LogP contribution in [0.15, 0.2) is 27.2 Å². The first-order valence-electron chi connectivity index (χ1n) is 8.74. The number of thioether (sulfide) groups is 1. The van der Waals surface area contributed by atoms with Gasteiger partial charge in [-0.3, -0.25) is 0 Å². The summed E-state index contributed by atoms with van der Waals surface area (Å²) in [6.07, 6.45) is 5.64. The second-order valence-electron chi connectivity index (χ2n) is 6.78. The Hall–Kier alpha value is -1.67. The summed E-state index contributed by atoms with van der Waals surface area (Å²) in [4.78, 5) is 5.90. The highest BCUT2D eigenvalue weighted by Crippen LogP contribution is 2.43. The maximum Gasteiger partial charge on any atom is 0.239 e. The average molecular weight is 374 g/mol. The Kier molecular flexibility index (Phi) is 3.89. The van der Waals surface area contributed by atoms with Crippen LogP contribution in [0.3, 0.4) is 0 Å².